The maximum atomic E-state index is 12.4. The second-order valence-corrected chi connectivity index (χ2v) is 10.4. The Labute approximate surface area is 203 Å². The molecule has 1 aliphatic rings. The average molecular weight is 513 g/mol. The lowest BCUT2D eigenvalue weighted by molar-refractivity contribution is -0.129. The van der Waals surface area contributed by atoms with E-state index in [1.54, 1.807) is 16.8 Å². The molecule has 33 heavy (non-hydrogen) atoms. The van der Waals surface area contributed by atoms with Crippen LogP contribution in [0.4, 0.5) is 10.5 Å². The number of likely N-dealkylation sites (N-methyl/N-ethyl adjacent to an activating group) is 1. The molecule has 0 saturated carbocycles. The molecule has 0 aromatic heterocycles. The van der Waals surface area contributed by atoms with E-state index in [9.17, 15) is 18.0 Å². The lowest BCUT2D eigenvalue weighted by Crippen LogP contribution is -2.33. The number of hydrogen-bond acceptors (Lipinski definition) is 5. The summed E-state index contributed by atoms with van der Waals surface area (Å²) in [5, 5.41) is 5.73. The van der Waals surface area contributed by atoms with Gasteiger partial charge in [0.15, 0.2) is 9.84 Å². The zero-order chi connectivity index (χ0) is 24.0. The summed E-state index contributed by atoms with van der Waals surface area (Å²) in [6.45, 7) is 2.03. The van der Waals surface area contributed by atoms with Crippen molar-refractivity contribution in [2.75, 3.05) is 44.0 Å². The summed E-state index contributed by atoms with van der Waals surface area (Å²) < 4.78 is 24.9. The first-order valence-corrected chi connectivity index (χ1v) is 12.9. The van der Waals surface area contributed by atoms with Gasteiger partial charge in [0.1, 0.15) is 5.88 Å². The van der Waals surface area contributed by atoms with Crippen LogP contribution in [0.15, 0.2) is 47.4 Å². The fraction of sp³-hybridized carbons (Fsp3) is 0.364. The molecular weight excluding hydrogens is 487 g/mol. The fourth-order valence-corrected chi connectivity index (χ4v) is 5.32. The summed E-state index contributed by atoms with van der Waals surface area (Å²) in [6, 6.07) is 12.1. The van der Waals surface area contributed by atoms with Crippen molar-refractivity contribution >= 4 is 50.7 Å². The molecule has 2 aromatic rings. The van der Waals surface area contributed by atoms with Crippen LogP contribution in [0.1, 0.15) is 12.0 Å². The number of nitrogens with zero attached hydrogens (tertiary/aromatic N) is 2. The minimum Gasteiger partial charge on any atom is -0.345 e. The second-order valence-electron chi connectivity index (χ2n) is 7.68. The van der Waals surface area contributed by atoms with Crippen LogP contribution >= 0.6 is 23.2 Å². The fourth-order valence-electron chi connectivity index (χ4n) is 3.38. The molecule has 0 atom stereocenters. The first-order valence-electron chi connectivity index (χ1n) is 10.4. The minimum absolute atomic E-state index is 0.00601. The third-order valence-electron chi connectivity index (χ3n) is 5.33. The number of anilines is 1. The van der Waals surface area contributed by atoms with E-state index in [2.05, 4.69) is 10.6 Å². The molecule has 11 heteroatoms. The Kier molecular flexibility index (Phi) is 8.58. The van der Waals surface area contributed by atoms with Crippen molar-refractivity contribution in [2.24, 2.45) is 0 Å². The van der Waals surface area contributed by atoms with Crippen LogP contribution in [0.3, 0.4) is 0 Å². The number of halogens is 2. The SMILES string of the molecule is CN(CCc1ccc(N2CCNC2=O)cc1)C(=O)CCNCS(=O)(=O)c1cccc(Cl)c1Cl. The number of sulfone groups is 1. The van der Waals surface area contributed by atoms with E-state index in [1.807, 2.05) is 24.3 Å². The number of carbonyl (C=O) groups is 2. The highest BCUT2D eigenvalue weighted by Gasteiger charge is 2.21. The molecule has 2 N–H and O–H groups in total. The predicted molar refractivity (Wildman–Crippen MR) is 130 cm³/mol. The molecule has 1 aliphatic heterocycles. The van der Waals surface area contributed by atoms with E-state index in [4.69, 9.17) is 23.2 Å². The van der Waals surface area contributed by atoms with Crippen molar-refractivity contribution in [1.82, 2.24) is 15.5 Å². The van der Waals surface area contributed by atoms with Crippen molar-refractivity contribution in [2.45, 2.75) is 17.7 Å². The molecule has 8 nitrogen and oxygen atoms in total. The molecule has 1 saturated heterocycles. The normalized spacial score (nSPS) is 13.8. The Hall–Kier alpha value is -2.33. The smallest absolute Gasteiger partial charge is 0.321 e. The summed E-state index contributed by atoms with van der Waals surface area (Å²) >= 11 is 11.9. The molecule has 2 aromatic carbocycles. The Balaban J connectivity index is 1.41. The number of benzene rings is 2. The summed E-state index contributed by atoms with van der Waals surface area (Å²) in [5.74, 6) is -0.433. The van der Waals surface area contributed by atoms with Gasteiger partial charge in [-0.25, -0.2) is 13.2 Å². The van der Waals surface area contributed by atoms with Gasteiger partial charge in [0, 0.05) is 45.3 Å². The standard InChI is InChI=1S/C22H26Cl2N4O4S/c1-27(13-10-16-5-7-17(8-6-16)28-14-12-26-22(28)30)20(29)9-11-25-15-33(31,32)19-4-2-3-18(23)21(19)24/h2-8,25H,9-15H2,1H3,(H,26,30). The number of carbonyl (C=O) groups excluding carboxylic acids is 2. The van der Waals surface area contributed by atoms with Gasteiger partial charge in [-0.05, 0) is 36.2 Å². The van der Waals surface area contributed by atoms with Crippen LogP contribution in [0.5, 0.6) is 0 Å². The molecule has 0 radical (unpaired) electrons. The van der Waals surface area contributed by atoms with Gasteiger partial charge in [-0.3, -0.25) is 9.69 Å². The highest BCUT2D eigenvalue weighted by atomic mass is 35.5. The second kappa shape index (κ2) is 11.2. The summed E-state index contributed by atoms with van der Waals surface area (Å²) in [4.78, 5) is 27.4. The highest BCUT2D eigenvalue weighted by molar-refractivity contribution is 7.91. The molecule has 0 bridgehead atoms. The summed E-state index contributed by atoms with van der Waals surface area (Å²) in [7, 11) is -1.96. The Morgan fingerprint density at radius 2 is 1.91 bits per heavy atom. The van der Waals surface area contributed by atoms with Crippen LogP contribution in [0.25, 0.3) is 0 Å². The van der Waals surface area contributed by atoms with Crippen molar-refractivity contribution in [3.8, 4) is 0 Å². The van der Waals surface area contributed by atoms with Crippen LogP contribution < -0.4 is 15.5 Å². The van der Waals surface area contributed by atoms with Gasteiger partial charge in [-0.1, -0.05) is 41.4 Å². The van der Waals surface area contributed by atoms with Gasteiger partial charge < -0.3 is 15.5 Å². The first-order chi connectivity index (χ1) is 15.7. The molecule has 0 spiro atoms. The van der Waals surface area contributed by atoms with E-state index in [1.165, 1.54) is 18.2 Å². The lowest BCUT2D eigenvalue weighted by atomic mass is 10.1. The van der Waals surface area contributed by atoms with Gasteiger partial charge >= 0.3 is 6.03 Å². The summed E-state index contributed by atoms with van der Waals surface area (Å²) in [5.41, 5.74) is 1.90. The van der Waals surface area contributed by atoms with Gasteiger partial charge in [-0.15, -0.1) is 0 Å². The predicted octanol–water partition coefficient (Wildman–Crippen LogP) is 2.94. The van der Waals surface area contributed by atoms with Gasteiger partial charge in [-0.2, -0.15) is 0 Å². The van der Waals surface area contributed by atoms with Crippen LogP contribution in [0.2, 0.25) is 10.0 Å². The molecule has 1 heterocycles. The molecule has 0 unspecified atom stereocenters. The lowest BCUT2D eigenvalue weighted by Gasteiger charge is -2.18. The van der Waals surface area contributed by atoms with E-state index in [0.29, 0.717) is 26.1 Å². The number of nitrogens with one attached hydrogen (secondary N) is 2. The van der Waals surface area contributed by atoms with E-state index in [0.717, 1.165) is 11.3 Å². The molecule has 0 aliphatic carbocycles. The molecular formula is C22H26Cl2N4O4S. The Bertz CT molecular complexity index is 1110. The zero-order valence-electron chi connectivity index (χ0n) is 18.2. The molecule has 1 fully saturated rings. The Morgan fingerprint density at radius 1 is 1.18 bits per heavy atom. The van der Waals surface area contributed by atoms with Crippen molar-refractivity contribution in [1.29, 1.82) is 0 Å². The van der Waals surface area contributed by atoms with Gasteiger partial charge in [0.05, 0.1) is 14.9 Å². The van der Waals surface area contributed by atoms with E-state index < -0.39 is 9.84 Å². The molecule has 3 rings (SSSR count). The van der Waals surface area contributed by atoms with Gasteiger partial charge in [0.25, 0.3) is 0 Å². The number of rotatable bonds is 10. The first kappa shape index (κ1) is 25.3. The number of hydrogen-bond donors (Lipinski definition) is 2. The van der Waals surface area contributed by atoms with E-state index >= 15 is 0 Å². The van der Waals surface area contributed by atoms with Crippen LogP contribution in [0, 0.1) is 0 Å². The third-order valence-corrected chi connectivity index (χ3v) is 7.85. The zero-order valence-corrected chi connectivity index (χ0v) is 20.5. The van der Waals surface area contributed by atoms with E-state index in [-0.39, 0.29) is 45.7 Å². The molecule has 178 valence electrons. The van der Waals surface area contributed by atoms with Crippen LogP contribution in [-0.4, -0.2) is 64.4 Å². The topological polar surface area (TPSA) is 98.8 Å². The number of amides is 3. The van der Waals surface area contributed by atoms with Gasteiger partial charge in [0.2, 0.25) is 5.91 Å². The maximum absolute atomic E-state index is 12.4. The molecule has 3 amide bonds. The Morgan fingerprint density at radius 3 is 2.58 bits per heavy atom. The highest BCUT2D eigenvalue weighted by Crippen LogP contribution is 2.29. The summed E-state index contributed by atoms with van der Waals surface area (Å²) in [6.07, 6.45) is 0.835. The van der Waals surface area contributed by atoms with Crippen molar-refractivity contribution in [3.63, 3.8) is 0 Å². The van der Waals surface area contributed by atoms with Crippen LogP contribution in [-0.2, 0) is 21.1 Å². The number of urea groups is 1. The third kappa shape index (κ3) is 6.60. The monoisotopic (exact) mass is 512 g/mol. The van der Waals surface area contributed by atoms with Crippen molar-refractivity contribution < 1.29 is 18.0 Å². The van der Waals surface area contributed by atoms with Crippen molar-refractivity contribution in [3.05, 3.63) is 58.1 Å². The average Bonchev–Trinajstić information content (AvgIpc) is 3.22. The quantitative estimate of drug-likeness (QED) is 0.476. The largest absolute Gasteiger partial charge is 0.345 e. The minimum atomic E-state index is -3.67. The maximum Gasteiger partial charge on any atom is 0.321 e.